The van der Waals surface area contributed by atoms with Gasteiger partial charge in [0.25, 0.3) is 0 Å². The van der Waals surface area contributed by atoms with E-state index in [2.05, 4.69) is 6.58 Å². The Morgan fingerprint density at radius 1 is 1.38 bits per heavy atom. The van der Waals surface area contributed by atoms with E-state index in [9.17, 15) is 5.11 Å². The van der Waals surface area contributed by atoms with E-state index in [1.54, 1.807) is 6.08 Å². The lowest BCUT2D eigenvalue weighted by Crippen LogP contribution is -2.23. The number of hydrogen-bond donors (Lipinski definition) is 1. The fraction of sp³-hybridized carbons (Fsp3) is 0.333. The molecule has 0 aliphatic rings. The maximum Gasteiger partial charge on any atom is 0.0928 e. The molecule has 0 bridgehead atoms. The Morgan fingerprint density at radius 3 is 2.46 bits per heavy atom. The summed E-state index contributed by atoms with van der Waals surface area (Å²) < 4.78 is 0. The zero-order valence-corrected chi connectivity index (χ0v) is 8.03. The SMILES string of the molecule is C=CCC(O)(CC)c1ccccc1. The van der Waals surface area contributed by atoms with Crippen molar-refractivity contribution in [2.24, 2.45) is 0 Å². The van der Waals surface area contributed by atoms with E-state index in [1.165, 1.54) is 0 Å². The van der Waals surface area contributed by atoms with E-state index >= 15 is 0 Å². The molecule has 0 aliphatic carbocycles. The molecule has 0 radical (unpaired) electrons. The Hall–Kier alpha value is -1.08. The van der Waals surface area contributed by atoms with Crippen LogP contribution >= 0.6 is 0 Å². The lowest BCUT2D eigenvalue weighted by Gasteiger charge is -2.25. The van der Waals surface area contributed by atoms with Crippen molar-refractivity contribution in [3.8, 4) is 0 Å². The minimum Gasteiger partial charge on any atom is -0.385 e. The fourth-order valence-electron chi connectivity index (χ4n) is 1.45. The maximum atomic E-state index is 10.2. The molecular formula is C12H16O. The normalized spacial score (nSPS) is 14.9. The van der Waals surface area contributed by atoms with Crippen molar-refractivity contribution >= 4 is 0 Å². The second-order valence-electron chi connectivity index (χ2n) is 3.24. The molecule has 0 saturated heterocycles. The van der Waals surface area contributed by atoms with Crippen molar-refractivity contribution in [3.63, 3.8) is 0 Å². The van der Waals surface area contributed by atoms with Gasteiger partial charge < -0.3 is 5.11 Å². The molecule has 0 amide bonds. The molecule has 1 nitrogen and oxygen atoms in total. The molecule has 0 aliphatic heterocycles. The summed E-state index contributed by atoms with van der Waals surface area (Å²) in [4.78, 5) is 0. The van der Waals surface area contributed by atoms with Crippen LogP contribution < -0.4 is 0 Å². The minimum atomic E-state index is -0.733. The Kier molecular flexibility index (Phi) is 3.26. The summed E-state index contributed by atoms with van der Waals surface area (Å²) in [6, 6.07) is 9.74. The highest BCUT2D eigenvalue weighted by molar-refractivity contribution is 5.22. The van der Waals surface area contributed by atoms with Crippen LogP contribution in [0.1, 0.15) is 25.3 Å². The Balaban J connectivity index is 2.95. The smallest absolute Gasteiger partial charge is 0.0928 e. The standard InChI is InChI=1S/C12H16O/c1-3-10-12(13,4-2)11-8-6-5-7-9-11/h3,5-9,13H,1,4,10H2,2H3. The van der Waals surface area contributed by atoms with E-state index in [0.29, 0.717) is 12.8 Å². The summed E-state index contributed by atoms with van der Waals surface area (Å²) in [5.74, 6) is 0. The third-order valence-electron chi connectivity index (χ3n) is 2.38. The molecule has 0 saturated carbocycles. The predicted molar refractivity (Wildman–Crippen MR) is 55.4 cm³/mol. The van der Waals surface area contributed by atoms with Crippen LogP contribution in [0, 0.1) is 0 Å². The molecule has 1 aromatic rings. The molecule has 1 rings (SSSR count). The number of rotatable bonds is 4. The van der Waals surface area contributed by atoms with Crippen molar-refractivity contribution in [3.05, 3.63) is 48.6 Å². The van der Waals surface area contributed by atoms with Crippen molar-refractivity contribution in [2.45, 2.75) is 25.4 Å². The molecule has 1 aromatic carbocycles. The Bertz CT molecular complexity index is 266. The van der Waals surface area contributed by atoms with Gasteiger partial charge in [-0.05, 0) is 18.4 Å². The van der Waals surface area contributed by atoms with Gasteiger partial charge in [0.1, 0.15) is 0 Å². The minimum absolute atomic E-state index is 0.605. The van der Waals surface area contributed by atoms with Gasteiger partial charge >= 0.3 is 0 Å². The van der Waals surface area contributed by atoms with Crippen LogP contribution in [-0.4, -0.2) is 5.11 Å². The summed E-state index contributed by atoms with van der Waals surface area (Å²) in [7, 11) is 0. The van der Waals surface area contributed by atoms with Gasteiger partial charge in [0.2, 0.25) is 0 Å². The third kappa shape index (κ3) is 2.19. The van der Waals surface area contributed by atoms with E-state index in [4.69, 9.17) is 0 Å². The summed E-state index contributed by atoms with van der Waals surface area (Å²) in [5, 5.41) is 10.2. The molecule has 0 fully saturated rings. The van der Waals surface area contributed by atoms with Crippen molar-refractivity contribution in [1.82, 2.24) is 0 Å². The number of aliphatic hydroxyl groups is 1. The zero-order valence-electron chi connectivity index (χ0n) is 8.03. The van der Waals surface area contributed by atoms with Crippen LogP contribution in [0.5, 0.6) is 0 Å². The van der Waals surface area contributed by atoms with Crippen LogP contribution in [0.25, 0.3) is 0 Å². The van der Waals surface area contributed by atoms with Gasteiger partial charge in [-0.15, -0.1) is 6.58 Å². The summed E-state index contributed by atoms with van der Waals surface area (Å²) in [6.45, 7) is 5.64. The van der Waals surface area contributed by atoms with Crippen LogP contribution in [0.2, 0.25) is 0 Å². The van der Waals surface area contributed by atoms with E-state index < -0.39 is 5.60 Å². The predicted octanol–water partition coefficient (Wildman–Crippen LogP) is 2.86. The first-order valence-electron chi connectivity index (χ1n) is 4.62. The maximum absolute atomic E-state index is 10.2. The summed E-state index contributed by atoms with van der Waals surface area (Å²) in [6.07, 6.45) is 3.08. The monoisotopic (exact) mass is 176 g/mol. The number of benzene rings is 1. The summed E-state index contributed by atoms with van der Waals surface area (Å²) in [5.41, 5.74) is 0.237. The highest BCUT2D eigenvalue weighted by Crippen LogP contribution is 2.28. The average molecular weight is 176 g/mol. The molecule has 1 heteroatoms. The largest absolute Gasteiger partial charge is 0.385 e. The highest BCUT2D eigenvalue weighted by Gasteiger charge is 2.24. The molecule has 1 N–H and O–H groups in total. The van der Waals surface area contributed by atoms with Gasteiger partial charge in [0.05, 0.1) is 5.60 Å². The van der Waals surface area contributed by atoms with E-state index in [0.717, 1.165) is 5.56 Å². The molecule has 13 heavy (non-hydrogen) atoms. The highest BCUT2D eigenvalue weighted by atomic mass is 16.3. The van der Waals surface area contributed by atoms with Crippen LogP contribution in [0.3, 0.4) is 0 Å². The second kappa shape index (κ2) is 4.24. The van der Waals surface area contributed by atoms with Crippen LogP contribution in [-0.2, 0) is 5.60 Å². The molecule has 0 aromatic heterocycles. The molecule has 1 unspecified atom stereocenters. The lowest BCUT2D eigenvalue weighted by molar-refractivity contribution is 0.0356. The van der Waals surface area contributed by atoms with Gasteiger partial charge in [-0.3, -0.25) is 0 Å². The second-order valence-corrected chi connectivity index (χ2v) is 3.24. The van der Waals surface area contributed by atoms with Gasteiger partial charge in [-0.2, -0.15) is 0 Å². The fourth-order valence-corrected chi connectivity index (χ4v) is 1.45. The van der Waals surface area contributed by atoms with E-state index in [1.807, 2.05) is 37.3 Å². The van der Waals surface area contributed by atoms with Crippen molar-refractivity contribution in [2.75, 3.05) is 0 Å². The molecular weight excluding hydrogens is 160 g/mol. The Morgan fingerprint density at radius 2 is 2.00 bits per heavy atom. The first-order valence-corrected chi connectivity index (χ1v) is 4.62. The van der Waals surface area contributed by atoms with Gasteiger partial charge in [0.15, 0.2) is 0 Å². The Labute approximate surface area is 79.7 Å². The van der Waals surface area contributed by atoms with Crippen LogP contribution in [0.15, 0.2) is 43.0 Å². The first-order chi connectivity index (χ1) is 6.23. The molecule has 0 heterocycles. The molecule has 70 valence electrons. The van der Waals surface area contributed by atoms with Gasteiger partial charge in [0, 0.05) is 0 Å². The number of hydrogen-bond acceptors (Lipinski definition) is 1. The van der Waals surface area contributed by atoms with Gasteiger partial charge in [-0.25, -0.2) is 0 Å². The van der Waals surface area contributed by atoms with Crippen LogP contribution in [0.4, 0.5) is 0 Å². The summed E-state index contributed by atoms with van der Waals surface area (Å²) >= 11 is 0. The quantitative estimate of drug-likeness (QED) is 0.699. The average Bonchev–Trinajstić information content (AvgIpc) is 2.19. The van der Waals surface area contributed by atoms with Crippen molar-refractivity contribution in [1.29, 1.82) is 0 Å². The van der Waals surface area contributed by atoms with E-state index in [-0.39, 0.29) is 0 Å². The first kappa shape index (κ1) is 10.0. The molecule has 0 spiro atoms. The third-order valence-corrected chi connectivity index (χ3v) is 2.38. The zero-order chi connectivity index (χ0) is 9.73. The van der Waals surface area contributed by atoms with Gasteiger partial charge in [-0.1, -0.05) is 43.3 Å². The van der Waals surface area contributed by atoms with Crippen molar-refractivity contribution < 1.29 is 5.11 Å². The lowest BCUT2D eigenvalue weighted by atomic mass is 9.88. The molecule has 1 atom stereocenters. The topological polar surface area (TPSA) is 20.2 Å².